The summed E-state index contributed by atoms with van der Waals surface area (Å²) in [5.74, 6) is 1.14. The van der Waals surface area contributed by atoms with E-state index in [9.17, 15) is 9.59 Å². The number of aryl methyl sites for hydroxylation is 1. The summed E-state index contributed by atoms with van der Waals surface area (Å²) in [6, 6.07) is 4.10. The van der Waals surface area contributed by atoms with E-state index in [0.29, 0.717) is 19.5 Å². The van der Waals surface area contributed by atoms with E-state index in [1.807, 2.05) is 19.2 Å². The number of allylic oxidation sites excluding steroid dienone is 2. The standard InChI is InChI=1S/C22H29N5O2.HI/c1-14-4-5-15(13-26-14)8-10-25-22(23-2)24-9-3-11-27-20(28)18-16-6-7-17(12-16)19(18)21(27)29;/h4-7,13,16-19H,3,8-12H2,1-2H3,(H2,23,24,25);1H. The Bertz CT molecular complexity index is 808. The highest BCUT2D eigenvalue weighted by molar-refractivity contribution is 14.0. The Labute approximate surface area is 194 Å². The van der Waals surface area contributed by atoms with Gasteiger partial charge in [0.1, 0.15) is 0 Å². The number of nitrogens with zero attached hydrogens (tertiary/aromatic N) is 3. The van der Waals surface area contributed by atoms with Gasteiger partial charge in [-0.05, 0) is 49.7 Å². The minimum absolute atomic E-state index is 0. The van der Waals surface area contributed by atoms with Gasteiger partial charge in [-0.25, -0.2) is 0 Å². The monoisotopic (exact) mass is 523 g/mol. The molecule has 2 N–H and O–H groups in total. The average molecular weight is 523 g/mol. The van der Waals surface area contributed by atoms with Gasteiger partial charge < -0.3 is 10.6 Å². The number of hydrogen-bond acceptors (Lipinski definition) is 4. The van der Waals surface area contributed by atoms with Crippen molar-refractivity contribution in [2.75, 3.05) is 26.7 Å². The quantitative estimate of drug-likeness (QED) is 0.143. The molecule has 1 aromatic rings. The molecule has 8 heteroatoms. The van der Waals surface area contributed by atoms with Gasteiger partial charge in [-0.2, -0.15) is 0 Å². The first-order valence-corrected chi connectivity index (χ1v) is 10.5. The van der Waals surface area contributed by atoms with E-state index in [4.69, 9.17) is 0 Å². The van der Waals surface area contributed by atoms with Gasteiger partial charge in [0, 0.05) is 38.6 Å². The van der Waals surface area contributed by atoms with E-state index in [-0.39, 0.29) is 59.5 Å². The molecule has 2 bridgehead atoms. The molecule has 162 valence electrons. The summed E-state index contributed by atoms with van der Waals surface area (Å²) in [7, 11) is 1.74. The van der Waals surface area contributed by atoms with Crippen LogP contribution in [0, 0.1) is 30.6 Å². The van der Waals surface area contributed by atoms with Crippen LogP contribution in [-0.4, -0.2) is 54.3 Å². The van der Waals surface area contributed by atoms with E-state index >= 15 is 0 Å². The predicted molar refractivity (Wildman–Crippen MR) is 127 cm³/mol. The van der Waals surface area contributed by atoms with Gasteiger partial charge in [-0.3, -0.25) is 24.5 Å². The second-order valence-corrected chi connectivity index (χ2v) is 8.17. The van der Waals surface area contributed by atoms with E-state index in [1.54, 1.807) is 7.05 Å². The highest BCUT2D eigenvalue weighted by Crippen LogP contribution is 2.52. The first-order valence-electron chi connectivity index (χ1n) is 10.5. The maximum absolute atomic E-state index is 12.7. The smallest absolute Gasteiger partial charge is 0.233 e. The molecule has 4 rings (SSSR count). The molecule has 2 aliphatic carbocycles. The number of aliphatic imine (C=N–C) groups is 1. The molecule has 2 fully saturated rings. The lowest BCUT2D eigenvalue weighted by Crippen LogP contribution is -2.40. The van der Waals surface area contributed by atoms with Crippen molar-refractivity contribution in [3.63, 3.8) is 0 Å². The van der Waals surface area contributed by atoms with Crippen molar-refractivity contribution in [1.82, 2.24) is 20.5 Å². The number of amides is 2. The Kier molecular flexibility index (Phi) is 7.49. The first kappa shape index (κ1) is 22.7. The lowest BCUT2D eigenvalue weighted by molar-refractivity contribution is -0.140. The number of nitrogens with one attached hydrogen (secondary N) is 2. The molecular formula is C22H30IN5O2. The fourth-order valence-electron chi connectivity index (χ4n) is 4.82. The number of halogens is 1. The zero-order chi connectivity index (χ0) is 20.4. The number of carbonyl (C=O) groups excluding carboxylic acids is 2. The Morgan fingerprint density at radius 2 is 1.80 bits per heavy atom. The summed E-state index contributed by atoms with van der Waals surface area (Å²) >= 11 is 0. The molecule has 0 aromatic carbocycles. The van der Waals surface area contributed by atoms with Crippen LogP contribution in [-0.2, 0) is 16.0 Å². The van der Waals surface area contributed by atoms with Gasteiger partial charge >= 0.3 is 0 Å². The van der Waals surface area contributed by atoms with Crippen molar-refractivity contribution < 1.29 is 9.59 Å². The lowest BCUT2D eigenvalue weighted by Gasteiger charge is -2.18. The molecule has 0 spiro atoms. The summed E-state index contributed by atoms with van der Waals surface area (Å²) in [6.07, 6.45) is 8.71. The molecule has 1 saturated heterocycles. The van der Waals surface area contributed by atoms with Crippen molar-refractivity contribution >= 4 is 41.8 Å². The number of likely N-dealkylation sites (tertiary alicyclic amines) is 1. The molecule has 30 heavy (non-hydrogen) atoms. The minimum Gasteiger partial charge on any atom is -0.356 e. The topological polar surface area (TPSA) is 86.7 Å². The molecule has 0 radical (unpaired) electrons. The van der Waals surface area contributed by atoms with Gasteiger partial charge in [-0.1, -0.05) is 18.2 Å². The van der Waals surface area contributed by atoms with Crippen molar-refractivity contribution in [2.24, 2.45) is 28.7 Å². The second kappa shape index (κ2) is 9.89. The summed E-state index contributed by atoms with van der Waals surface area (Å²) in [4.78, 5) is 35.4. The number of fused-ring (bicyclic) bond motifs is 5. The van der Waals surface area contributed by atoms with Gasteiger partial charge in [0.15, 0.2) is 5.96 Å². The fraction of sp³-hybridized carbons (Fsp3) is 0.545. The Morgan fingerprint density at radius 1 is 1.13 bits per heavy atom. The highest BCUT2D eigenvalue weighted by Gasteiger charge is 2.58. The molecule has 1 aliphatic heterocycles. The van der Waals surface area contributed by atoms with Crippen LogP contribution in [0.15, 0.2) is 35.5 Å². The van der Waals surface area contributed by atoms with E-state index < -0.39 is 0 Å². The van der Waals surface area contributed by atoms with Crippen molar-refractivity contribution in [2.45, 2.75) is 26.2 Å². The van der Waals surface area contributed by atoms with Crippen LogP contribution in [0.3, 0.4) is 0 Å². The molecular weight excluding hydrogens is 493 g/mol. The number of pyridine rings is 1. The first-order chi connectivity index (χ1) is 14.1. The molecule has 4 atom stereocenters. The Morgan fingerprint density at radius 3 is 2.40 bits per heavy atom. The maximum Gasteiger partial charge on any atom is 0.233 e. The summed E-state index contributed by atoms with van der Waals surface area (Å²) in [5, 5.41) is 6.55. The summed E-state index contributed by atoms with van der Waals surface area (Å²) < 4.78 is 0. The third-order valence-corrected chi connectivity index (χ3v) is 6.31. The average Bonchev–Trinajstić information content (AvgIpc) is 3.40. The number of aromatic nitrogens is 1. The normalized spacial score (nSPS) is 26.7. The maximum atomic E-state index is 12.7. The van der Waals surface area contributed by atoms with Crippen LogP contribution in [0.5, 0.6) is 0 Å². The zero-order valence-electron chi connectivity index (χ0n) is 17.5. The molecule has 3 aliphatic rings. The minimum atomic E-state index is -0.101. The molecule has 4 unspecified atom stereocenters. The van der Waals surface area contributed by atoms with Crippen molar-refractivity contribution in [3.05, 3.63) is 41.7 Å². The van der Waals surface area contributed by atoms with Gasteiger partial charge in [0.25, 0.3) is 0 Å². The van der Waals surface area contributed by atoms with Crippen molar-refractivity contribution in [1.29, 1.82) is 0 Å². The number of imide groups is 1. The van der Waals surface area contributed by atoms with Crippen LogP contribution in [0.25, 0.3) is 0 Å². The lowest BCUT2D eigenvalue weighted by atomic mass is 9.85. The number of carbonyl (C=O) groups is 2. The third kappa shape index (κ3) is 4.53. The zero-order valence-corrected chi connectivity index (χ0v) is 19.8. The Balaban J connectivity index is 0.00000256. The molecule has 1 saturated carbocycles. The van der Waals surface area contributed by atoms with Gasteiger partial charge in [0.2, 0.25) is 11.8 Å². The van der Waals surface area contributed by atoms with Crippen LogP contribution in [0.4, 0.5) is 0 Å². The SMILES string of the molecule is CN=C(NCCCN1C(=O)C2C3C=CC(C3)C2C1=O)NCCc1ccc(C)nc1.I. The van der Waals surface area contributed by atoms with Crippen LogP contribution in [0.2, 0.25) is 0 Å². The summed E-state index contributed by atoms with van der Waals surface area (Å²) in [6.45, 7) is 3.86. The van der Waals surface area contributed by atoms with Crippen LogP contribution >= 0.6 is 24.0 Å². The van der Waals surface area contributed by atoms with E-state index in [1.165, 1.54) is 10.5 Å². The van der Waals surface area contributed by atoms with E-state index in [2.05, 4.69) is 38.8 Å². The van der Waals surface area contributed by atoms with Crippen molar-refractivity contribution in [3.8, 4) is 0 Å². The van der Waals surface area contributed by atoms with Gasteiger partial charge in [-0.15, -0.1) is 24.0 Å². The third-order valence-electron chi connectivity index (χ3n) is 6.31. The second-order valence-electron chi connectivity index (χ2n) is 8.17. The highest BCUT2D eigenvalue weighted by atomic mass is 127. The molecule has 1 aromatic heterocycles. The molecule has 7 nitrogen and oxygen atoms in total. The molecule has 2 heterocycles. The fourth-order valence-corrected chi connectivity index (χ4v) is 4.82. The van der Waals surface area contributed by atoms with E-state index in [0.717, 1.165) is 31.0 Å². The van der Waals surface area contributed by atoms with Gasteiger partial charge in [0.05, 0.1) is 11.8 Å². The Hall–Kier alpha value is -1.97. The number of rotatable bonds is 7. The van der Waals surface area contributed by atoms with Crippen LogP contribution < -0.4 is 10.6 Å². The summed E-state index contributed by atoms with van der Waals surface area (Å²) in [5.41, 5.74) is 2.19. The largest absolute Gasteiger partial charge is 0.356 e. The molecule has 2 amide bonds. The predicted octanol–water partition coefficient (Wildman–Crippen LogP) is 1.91. The number of hydrogen-bond donors (Lipinski definition) is 2. The van der Waals surface area contributed by atoms with Crippen LogP contribution in [0.1, 0.15) is 24.1 Å². The number of guanidine groups is 1.